The highest BCUT2D eigenvalue weighted by Crippen LogP contribution is 2.40. The zero-order valence-corrected chi connectivity index (χ0v) is 15.2. The van der Waals surface area contributed by atoms with E-state index < -0.39 is 17.7 Å². The number of anilines is 2. The number of carbonyl (C=O) groups excluding carboxylic acids is 2. The van der Waals surface area contributed by atoms with E-state index in [0.717, 1.165) is 4.90 Å². The first-order valence-electron chi connectivity index (χ1n) is 8.37. The molecule has 0 saturated carbocycles. The van der Waals surface area contributed by atoms with Gasteiger partial charge in [-0.1, -0.05) is 36.7 Å². The molecule has 2 atom stereocenters. The van der Waals surface area contributed by atoms with Crippen LogP contribution in [0, 0.1) is 0 Å². The molecule has 0 aliphatic carbocycles. The number of carbonyl (C=O) groups is 2. The summed E-state index contributed by atoms with van der Waals surface area (Å²) < 4.78 is 0. The molecule has 3 amide bonds. The highest BCUT2D eigenvalue weighted by atomic mass is 35.5. The third-order valence-electron chi connectivity index (χ3n) is 4.46. The molecular weight excluding hydrogens is 354 g/mol. The van der Waals surface area contributed by atoms with Crippen molar-refractivity contribution in [1.82, 2.24) is 5.32 Å². The first-order valence-corrected chi connectivity index (χ1v) is 8.75. The standard InChI is InChI=1S/C19H20ClN3O3/c1-3-12(2)21-17(24)19(26)15-6-4-5-7-16(15)22-18(25)23(19)14-10-8-13(20)9-11-14/h4-12,26H,3H2,1-2H3,(H,21,24)(H,22,25)/t12-,19-/m0/s1. The lowest BCUT2D eigenvalue weighted by molar-refractivity contribution is -0.140. The second-order valence-corrected chi connectivity index (χ2v) is 6.68. The molecule has 136 valence electrons. The average molecular weight is 374 g/mol. The Morgan fingerprint density at radius 1 is 1.27 bits per heavy atom. The minimum atomic E-state index is -2.18. The number of rotatable bonds is 4. The van der Waals surface area contributed by atoms with Crippen LogP contribution >= 0.6 is 11.6 Å². The van der Waals surface area contributed by atoms with Gasteiger partial charge in [0.1, 0.15) is 0 Å². The molecule has 2 aromatic rings. The fourth-order valence-corrected chi connectivity index (χ4v) is 3.01. The summed E-state index contributed by atoms with van der Waals surface area (Å²) in [6.45, 7) is 3.76. The van der Waals surface area contributed by atoms with Crippen molar-refractivity contribution in [2.75, 3.05) is 10.2 Å². The number of aliphatic hydroxyl groups is 1. The number of hydrogen-bond acceptors (Lipinski definition) is 3. The fourth-order valence-electron chi connectivity index (χ4n) is 2.88. The summed E-state index contributed by atoms with van der Waals surface area (Å²) in [4.78, 5) is 26.8. The number of fused-ring (bicyclic) bond motifs is 1. The molecule has 1 heterocycles. The van der Waals surface area contributed by atoms with Gasteiger partial charge in [-0.25, -0.2) is 4.79 Å². The minimum absolute atomic E-state index is 0.157. The molecule has 0 aromatic heterocycles. The lowest BCUT2D eigenvalue weighted by Crippen LogP contribution is -2.63. The van der Waals surface area contributed by atoms with Crippen LogP contribution in [0.4, 0.5) is 16.2 Å². The normalized spacial score (nSPS) is 20.2. The molecule has 1 aliphatic heterocycles. The molecule has 0 spiro atoms. The van der Waals surface area contributed by atoms with E-state index in [-0.39, 0.29) is 6.04 Å². The minimum Gasteiger partial charge on any atom is -0.359 e. The van der Waals surface area contributed by atoms with Crippen molar-refractivity contribution >= 4 is 34.9 Å². The molecule has 2 aromatic carbocycles. The van der Waals surface area contributed by atoms with Crippen molar-refractivity contribution in [3.05, 3.63) is 59.1 Å². The van der Waals surface area contributed by atoms with Gasteiger partial charge in [0.15, 0.2) is 0 Å². The lowest BCUT2D eigenvalue weighted by Gasteiger charge is -2.43. The summed E-state index contributed by atoms with van der Waals surface area (Å²) in [5.74, 6) is -0.663. The van der Waals surface area contributed by atoms with E-state index in [9.17, 15) is 14.7 Å². The van der Waals surface area contributed by atoms with Crippen molar-refractivity contribution in [3.63, 3.8) is 0 Å². The second-order valence-electron chi connectivity index (χ2n) is 6.24. The molecule has 3 rings (SSSR count). The first-order chi connectivity index (χ1) is 12.4. The van der Waals surface area contributed by atoms with E-state index in [1.54, 1.807) is 48.5 Å². The summed E-state index contributed by atoms with van der Waals surface area (Å²) in [7, 11) is 0. The molecule has 0 bridgehead atoms. The lowest BCUT2D eigenvalue weighted by atomic mass is 9.94. The summed E-state index contributed by atoms with van der Waals surface area (Å²) in [5.41, 5.74) is -1.14. The van der Waals surface area contributed by atoms with Crippen LogP contribution in [0.3, 0.4) is 0 Å². The van der Waals surface area contributed by atoms with Crippen LogP contribution in [-0.2, 0) is 10.5 Å². The molecule has 0 unspecified atom stereocenters. The Balaban J connectivity index is 2.16. The van der Waals surface area contributed by atoms with Gasteiger partial charge in [-0.3, -0.25) is 9.69 Å². The van der Waals surface area contributed by atoms with Crippen LogP contribution in [0.1, 0.15) is 25.8 Å². The van der Waals surface area contributed by atoms with Crippen molar-refractivity contribution in [2.24, 2.45) is 0 Å². The smallest absolute Gasteiger partial charge is 0.329 e. The van der Waals surface area contributed by atoms with Crippen molar-refractivity contribution in [2.45, 2.75) is 32.0 Å². The number of halogens is 1. The van der Waals surface area contributed by atoms with Crippen LogP contribution in [0.5, 0.6) is 0 Å². The fraction of sp³-hybridized carbons (Fsp3) is 0.263. The highest BCUT2D eigenvalue weighted by Gasteiger charge is 2.52. The summed E-state index contributed by atoms with van der Waals surface area (Å²) in [5, 5.41) is 17.5. The van der Waals surface area contributed by atoms with Crippen LogP contribution < -0.4 is 15.5 Å². The Kier molecular flexibility index (Phi) is 4.89. The van der Waals surface area contributed by atoms with Gasteiger partial charge in [0.25, 0.3) is 11.6 Å². The molecule has 0 saturated heterocycles. The van der Waals surface area contributed by atoms with Gasteiger partial charge in [0.2, 0.25) is 0 Å². The molecule has 7 heteroatoms. The Bertz CT molecular complexity index is 840. The van der Waals surface area contributed by atoms with E-state index in [4.69, 9.17) is 11.6 Å². The molecule has 26 heavy (non-hydrogen) atoms. The van der Waals surface area contributed by atoms with Gasteiger partial charge in [-0.2, -0.15) is 0 Å². The summed E-state index contributed by atoms with van der Waals surface area (Å²) in [6, 6.07) is 12.3. The van der Waals surface area contributed by atoms with Gasteiger partial charge < -0.3 is 15.7 Å². The van der Waals surface area contributed by atoms with E-state index >= 15 is 0 Å². The Hall–Kier alpha value is -2.57. The van der Waals surface area contributed by atoms with Gasteiger partial charge >= 0.3 is 6.03 Å². The number of nitrogens with zero attached hydrogens (tertiary/aromatic N) is 1. The van der Waals surface area contributed by atoms with Gasteiger partial charge in [0, 0.05) is 22.3 Å². The van der Waals surface area contributed by atoms with Crippen LogP contribution in [0.25, 0.3) is 0 Å². The molecule has 0 radical (unpaired) electrons. The van der Waals surface area contributed by atoms with E-state index in [1.807, 2.05) is 13.8 Å². The van der Waals surface area contributed by atoms with Crippen molar-refractivity contribution in [3.8, 4) is 0 Å². The number of amides is 3. The highest BCUT2D eigenvalue weighted by molar-refractivity contribution is 6.30. The Labute approximate surface area is 156 Å². The third kappa shape index (κ3) is 3.02. The first kappa shape index (κ1) is 18.2. The van der Waals surface area contributed by atoms with E-state index in [0.29, 0.717) is 28.4 Å². The predicted molar refractivity (Wildman–Crippen MR) is 101 cm³/mol. The number of para-hydroxylation sites is 1. The number of urea groups is 1. The van der Waals surface area contributed by atoms with Gasteiger partial charge in [0.05, 0.1) is 5.69 Å². The van der Waals surface area contributed by atoms with Crippen LogP contribution in [0.15, 0.2) is 48.5 Å². The monoisotopic (exact) mass is 373 g/mol. The Morgan fingerprint density at radius 2 is 1.92 bits per heavy atom. The molecular formula is C19H20ClN3O3. The topological polar surface area (TPSA) is 81.7 Å². The predicted octanol–water partition coefficient (Wildman–Crippen LogP) is 3.45. The summed E-state index contributed by atoms with van der Waals surface area (Å²) in [6.07, 6.45) is 0.691. The third-order valence-corrected chi connectivity index (χ3v) is 4.71. The van der Waals surface area contributed by atoms with Gasteiger partial charge in [-0.05, 0) is 43.7 Å². The summed E-state index contributed by atoms with van der Waals surface area (Å²) >= 11 is 5.93. The zero-order chi connectivity index (χ0) is 18.9. The van der Waals surface area contributed by atoms with Crippen LogP contribution in [-0.4, -0.2) is 23.1 Å². The quantitative estimate of drug-likeness (QED) is 0.767. The van der Waals surface area contributed by atoms with Crippen molar-refractivity contribution < 1.29 is 14.7 Å². The maximum atomic E-state index is 13.0. The molecule has 3 N–H and O–H groups in total. The Morgan fingerprint density at radius 3 is 2.58 bits per heavy atom. The largest absolute Gasteiger partial charge is 0.359 e. The number of hydrogen-bond donors (Lipinski definition) is 3. The van der Waals surface area contributed by atoms with E-state index in [2.05, 4.69) is 10.6 Å². The second kappa shape index (κ2) is 6.97. The zero-order valence-electron chi connectivity index (χ0n) is 14.5. The SMILES string of the molecule is CC[C@H](C)NC(=O)[C@@]1(O)c2ccccc2NC(=O)N1c1ccc(Cl)cc1. The van der Waals surface area contributed by atoms with E-state index in [1.165, 1.54) is 0 Å². The average Bonchev–Trinajstić information content (AvgIpc) is 2.63. The number of benzene rings is 2. The van der Waals surface area contributed by atoms with Crippen molar-refractivity contribution in [1.29, 1.82) is 0 Å². The van der Waals surface area contributed by atoms with Crippen LogP contribution in [0.2, 0.25) is 5.02 Å². The van der Waals surface area contributed by atoms with Gasteiger partial charge in [-0.15, -0.1) is 0 Å². The molecule has 6 nitrogen and oxygen atoms in total. The molecule has 1 aliphatic rings. The number of nitrogens with one attached hydrogen (secondary N) is 2. The maximum absolute atomic E-state index is 13.0. The molecule has 0 fully saturated rings. The maximum Gasteiger partial charge on any atom is 0.329 e.